The first-order valence-corrected chi connectivity index (χ1v) is 6.67. The van der Waals surface area contributed by atoms with Crippen LogP contribution in [0.4, 0.5) is 0 Å². The smallest absolute Gasteiger partial charge is 0.323 e. The predicted molar refractivity (Wildman–Crippen MR) is 71.3 cm³/mol. The molecule has 3 heteroatoms. The van der Waals surface area contributed by atoms with E-state index in [4.69, 9.17) is 4.74 Å². The number of hydrogen-bond donors (Lipinski definition) is 1. The van der Waals surface area contributed by atoms with Crippen molar-refractivity contribution >= 4 is 5.97 Å². The van der Waals surface area contributed by atoms with Crippen LogP contribution in [0.1, 0.15) is 31.2 Å². The highest BCUT2D eigenvalue weighted by molar-refractivity contribution is 5.76. The summed E-state index contributed by atoms with van der Waals surface area (Å²) in [6.45, 7) is 0. The molecule has 1 saturated carbocycles. The van der Waals surface area contributed by atoms with Crippen molar-refractivity contribution in [1.82, 2.24) is 5.32 Å². The minimum atomic E-state index is -0.222. The van der Waals surface area contributed by atoms with Crippen molar-refractivity contribution in [2.45, 2.75) is 44.2 Å². The van der Waals surface area contributed by atoms with Crippen molar-refractivity contribution in [3.8, 4) is 0 Å². The van der Waals surface area contributed by atoms with Gasteiger partial charge in [-0.05, 0) is 24.8 Å². The third kappa shape index (κ3) is 3.57. The second kappa shape index (κ2) is 6.55. The molecule has 3 nitrogen and oxygen atoms in total. The van der Waals surface area contributed by atoms with E-state index in [0.29, 0.717) is 12.5 Å². The number of rotatable bonds is 5. The largest absolute Gasteiger partial charge is 0.468 e. The van der Waals surface area contributed by atoms with Crippen LogP contribution in [0.25, 0.3) is 0 Å². The monoisotopic (exact) mass is 247 g/mol. The zero-order valence-corrected chi connectivity index (χ0v) is 10.9. The minimum Gasteiger partial charge on any atom is -0.468 e. The van der Waals surface area contributed by atoms with Crippen LogP contribution in [0.5, 0.6) is 0 Å². The summed E-state index contributed by atoms with van der Waals surface area (Å²) in [6.07, 6.45) is 5.56. The van der Waals surface area contributed by atoms with E-state index in [1.807, 2.05) is 30.3 Å². The van der Waals surface area contributed by atoms with Crippen LogP contribution < -0.4 is 5.32 Å². The fourth-order valence-corrected chi connectivity index (χ4v) is 2.58. The number of nitrogens with one attached hydrogen (secondary N) is 1. The third-order valence-corrected chi connectivity index (χ3v) is 3.56. The van der Waals surface area contributed by atoms with Gasteiger partial charge in [0.15, 0.2) is 0 Å². The molecule has 1 aromatic carbocycles. The standard InChI is InChI=1S/C15H21NO2/c1-18-15(17)14(16-13-9-5-6-10-13)11-12-7-3-2-4-8-12/h2-4,7-8,13-14,16H,5-6,9-11H2,1H3. The molecule has 1 aliphatic rings. The first kappa shape index (κ1) is 13.1. The van der Waals surface area contributed by atoms with Crippen molar-refractivity contribution in [2.75, 3.05) is 7.11 Å². The summed E-state index contributed by atoms with van der Waals surface area (Å²) in [5.74, 6) is -0.161. The Morgan fingerprint density at radius 2 is 2.00 bits per heavy atom. The SMILES string of the molecule is COC(=O)C(Cc1ccccc1)NC1CCCC1. The maximum absolute atomic E-state index is 11.8. The van der Waals surface area contributed by atoms with Gasteiger partial charge in [-0.1, -0.05) is 43.2 Å². The lowest BCUT2D eigenvalue weighted by molar-refractivity contribution is -0.143. The third-order valence-electron chi connectivity index (χ3n) is 3.56. The van der Waals surface area contributed by atoms with E-state index in [9.17, 15) is 4.79 Å². The Kier molecular flexibility index (Phi) is 4.76. The number of carbonyl (C=O) groups excluding carboxylic acids is 1. The molecule has 18 heavy (non-hydrogen) atoms. The topological polar surface area (TPSA) is 38.3 Å². The Hall–Kier alpha value is -1.35. The summed E-state index contributed by atoms with van der Waals surface area (Å²) in [5.41, 5.74) is 1.17. The second-order valence-corrected chi connectivity index (χ2v) is 4.91. The van der Waals surface area contributed by atoms with E-state index >= 15 is 0 Å². The minimum absolute atomic E-state index is 0.161. The number of hydrogen-bond acceptors (Lipinski definition) is 3. The number of ether oxygens (including phenoxy) is 1. The molecule has 1 fully saturated rings. The zero-order valence-electron chi connectivity index (χ0n) is 10.9. The maximum Gasteiger partial charge on any atom is 0.323 e. The van der Waals surface area contributed by atoms with Crippen molar-refractivity contribution in [2.24, 2.45) is 0 Å². The van der Waals surface area contributed by atoms with Gasteiger partial charge in [0.1, 0.15) is 6.04 Å². The lowest BCUT2D eigenvalue weighted by atomic mass is 10.0. The molecule has 0 bridgehead atoms. The van der Waals surface area contributed by atoms with Crippen LogP contribution in [-0.4, -0.2) is 25.2 Å². The van der Waals surface area contributed by atoms with Gasteiger partial charge in [0.25, 0.3) is 0 Å². The maximum atomic E-state index is 11.8. The number of esters is 1. The van der Waals surface area contributed by atoms with Gasteiger partial charge in [-0.25, -0.2) is 0 Å². The van der Waals surface area contributed by atoms with E-state index in [-0.39, 0.29) is 12.0 Å². The van der Waals surface area contributed by atoms with E-state index in [1.54, 1.807) is 0 Å². The highest BCUT2D eigenvalue weighted by atomic mass is 16.5. The first-order chi connectivity index (χ1) is 8.79. The van der Waals surface area contributed by atoms with Crippen LogP contribution in [0.2, 0.25) is 0 Å². The molecule has 0 saturated heterocycles. The Morgan fingerprint density at radius 1 is 1.33 bits per heavy atom. The van der Waals surface area contributed by atoms with E-state index < -0.39 is 0 Å². The quantitative estimate of drug-likeness (QED) is 0.811. The molecule has 0 heterocycles. The van der Waals surface area contributed by atoms with Gasteiger partial charge in [0.2, 0.25) is 0 Å². The predicted octanol–water partition coefficient (Wildman–Crippen LogP) is 2.30. The average Bonchev–Trinajstić information content (AvgIpc) is 2.91. The number of methoxy groups -OCH3 is 1. The van der Waals surface area contributed by atoms with Crippen LogP contribution in [0.15, 0.2) is 30.3 Å². The molecule has 1 N–H and O–H groups in total. The summed E-state index contributed by atoms with van der Waals surface area (Å²) >= 11 is 0. The fraction of sp³-hybridized carbons (Fsp3) is 0.533. The van der Waals surface area contributed by atoms with E-state index in [1.165, 1.54) is 38.4 Å². The lowest BCUT2D eigenvalue weighted by Gasteiger charge is -2.21. The molecule has 0 spiro atoms. The Bertz CT molecular complexity index is 371. The fourth-order valence-electron chi connectivity index (χ4n) is 2.58. The van der Waals surface area contributed by atoms with Gasteiger partial charge in [0, 0.05) is 6.04 Å². The first-order valence-electron chi connectivity index (χ1n) is 6.67. The Balaban J connectivity index is 1.98. The van der Waals surface area contributed by atoms with Crippen molar-refractivity contribution < 1.29 is 9.53 Å². The van der Waals surface area contributed by atoms with Crippen LogP contribution in [0, 0.1) is 0 Å². The molecule has 0 aromatic heterocycles. The highest BCUT2D eigenvalue weighted by Crippen LogP contribution is 2.19. The molecule has 1 aliphatic carbocycles. The van der Waals surface area contributed by atoms with Gasteiger partial charge >= 0.3 is 5.97 Å². The van der Waals surface area contributed by atoms with Gasteiger partial charge in [-0.15, -0.1) is 0 Å². The Labute approximate surface area is 109 Å². The molecule has 0 radical (unpaired) electrons. The second-order valence-electron chi connectivity index (χ2n) is 4.91. The van der Waals surface area contributed by atoms with Crippen molar-refractivity contribution in [3.63, 3.8) is 0 Å². The van der Waals surface area contributed by atoms with Crippen LogP contribution >= 0.6 is 0 Å². The number of benzene rings is 1. The zero-order chi connectivity index (χ0) is 12.8. The van der Waals surface area contributed by atoms with Crippen molar-refractivity contribution in [1.29, 1.82) is 0 Å². The molecule has 1 aromatic rings. The average molecular weight is 247 g/mol. The molecule has 98 valence electrons. The van der Waals surface area contributed by atoms with Gasteiger partial charge < -0.3 is 10.1 Å². The lowest BCUT2D eigenvalue weighted by Crippen LogP contribution is -2.44. The molecule has 0 aliphatic heterocycles. The summed E-state index contributed by atoms with van der Waals surface area (Å²) in [5, 5.41) is 3.44. The summed E-state index contributed by atoms with van der Waals surface area (Å²) < 4.78 is 4.89. The van der Waals surface area contributed by atoms with Gasteiger partial charge in [0.05, 0.1) is 7.11 Å². The van der Waals surface area contributed by atoms with E-state index in [0.717, 1.165) is 0 Å². The van der Waals surface area contributed by atoms with Gasteiger partial charge in [-0.2, -0.15) is 0 Å². The molecule has 0 amide bonds. The molecular weight excluding hydrogens is 226 g/mol. The molecule has 1 atom stereocenters. The van der Waals surface area contributed by atoms with Crippen molar-refractivity contribution in [3.05, 3.63) is 35.9 Å². The van der Waals surface area contributed by atoms with Gasteiger partial charge in [-0.3, -0.25) is 4.79 Å². The Morgan fingerprint density at radius 3 is 2.61 bits per heavy atom. The summed E-state index contributed by atoms with van der Waals surface area (Å²) in [7, 11) is 1.46. The molecule has 2 rings (SSSR count). The van der Waals surface area contributed by atoms with Crippen LogP contribution in [0.3, 0.4) is 0 Å². The normalized spacial score (nSPS) is 17.6. The summed E-state index contributed by atoms with van der Waals surface area (Å²) in [6, 6.07) is 10.3. The molecular formula is C15H21NO2. The molecule has 1 unspecified atom stereocenters. The van der Waals surface area contributed by atoms with Crippen LogP contribution in [-0.2, 0) is 16.0 Å². The van der Waals surface area contributed by atoms with E-state index in [2.05, 4.69) is 5.32 Å². The summed E-state index contributed by atoms with van der Waals surface area (Å²) in [4.78, 5) is 11.8. The number of carbonyl (C=O) groups is 1. The highest BCUT2D eigenvalue weighted by Gasteiger charge is 2.24.